The number of Topliss-reactive ketones (excluding diaryl/α,β-unsaturated/α-hetero) is 1. The number of rotatable bonds is 11. The minimum Gasteiger partial charge on any atom is -0.372 e. The SMILES string of the molecule is CCCC(OC)C(=O)N1CC(=O)C2C1CCN2C(=O)CC(C)CCNC(=O)c1ccc(N2CCCC2)cc1. The molecule has 3 aliphatic heterocycles. The predicted octanol–water partition coefficient (Wildman–Crippen LogP) is 2.63. The molecule has 3 fully saturated rings. The van der Waals surface area contributed by atoms with Gasteiger partial charge in [0.25, 0.3) is 11.8 Å². The van der Waals surface area contributed by atoms with Crippen molar-refractivity contribution in [2.45, 2.75) is 77.0 Å². The van der Waals surface area contributed by atoms with Gasteiger partial charge in [0, 0.05) is 51.0 Å². The average Bonchev–Trinajstić information content (AvgIpc) is 3.66. The summed E-state index contributed by atoms with van der Waals surface area (Å²) in [6.07, 6.45) is 4.88. The van der Waals surface area contributed by atoms with Crippen LogP contribution in [0.2, 0.25) is 0 Å². The lowest BCUT2D eigenvalue weighted by atomic mass is 10.0. The number of hydrogen-bond donors (Lipinski definition) is 1. The number of hydrogen-bond acceptors (Lipinski definition) is 6. The molecule has 3 saturated heterocycles. The Bertz CT molecular complexity index is 1010. The van der Waals surface area contributed by atoms with Crippen LogP contribution in [0.5, 0.6) is 0 Å². The molecule has 0 aromatic heterocycles. The van der Waals surface area contributed by atoms with E-state index in [-0.39, 0.29) is 42.0 Å². The Morgan fingerprint density at radius 2 is 1.76 bits per heavy atom. The zero-order valence-corrected chi connectivity index (χ0v) is 23.0. The lowest BCUT2D eigenvalue weighted by Crippen LogP contribution is -2.46. The highest BCUT2D eigenvalue weighted by molar-refractivity contribution is 5.98. The highest BCUT2D eigenvalue weighted by Gasteiger charge is 2.52. The van der Waals surface area contributed by atoms with E-state index in [9.17, 15) is 19.2 Å². The van der Waals surface area contributed by atoms with Crippen LogP contribution in [0.3, 0.4) is 0 Å². The minimum absolute atomic E-state index is 0.0438. The van der Waals surface area contributed by atoms with Crippen LogP contribution < -0.4 is 10.2 Å². The van der Waals surface area contributed by atoms with Gasteiger partial charge in [-0.1, -0.05) is 20.3 Å². The quantitative estimate of drug-likeness (QED) is 0.476. The molecule has 208 valence electrons. The van der Waals surface area contributed by atoms with Crippen molar-refractivity contribution in [2.75, 3.05) is 44.7 Å². The molecule has 0 saturated carbocycles. The van der Waals surface area contributed by atoms with Gasteiger partial charge in [0.1, 0.15) is 12.1 Å². The van der Waals surface area contributed by atoms with Crippen molar-refractivity contribution < 1.29 is 23.9 Å². The molecule has 0 aliphatic carbocycles. The Labute approximate surface area is 225 Å². The number of methoxy groups -OCH3 is 1. The molecular formula is C29H42N4O5. The van der Waals surface area contributed by atoms with Crippen molar-refractivity contribution in [3.8, 4) is 0 Å². The van der Waals surface area contributed by atoms with E-state index in [1.165, 1.54) is 20.0 Å². The van der Waals surface area contributed by atoms with Crippen molar-refractivity contribution >= 4 is 29.2 Å². The average molecular weight is 527 g/mol. The maximum absolute atomic E-state index is 13.1. The molecule has 4 rings (SSSR count). The Hall–Kier alpha value is -2.94. The molecule has 0 bridgehead atoms. The van der Waals surface area contributed by atoms with Crippen LogP contribution in [0, 0.1) is 5.92 Å². The van der Waals surface area contributed by atoms with Crippen molar-refractivity contribution in [3.05, 3.63) is 29.8 Å². The maximum atomic E-state index is 13.1. The lowest BCUT2D eigenvalue weighted by molar-refractivity contribution is -0.144. The Kier molecular flexibility index (Phi) is 9.41. The molecule has 38 heavy (non-hydrogen) atoms. The number of nitrogens with one attached hydrogen (secondary N) is 1. The first-order valence-electron chi connectivity index (χ1n) is 14.1. The molecule has 1 aromatic carbocycles. The number of anilines is 1. The van der Waals surface area contributed by atoms with Gasteiger partial charge in [-0.25, -0.2) is 0 Å². The monoisotopic (exact) mass is 526 g/mol. The first kappa shape index (κ1) is 28.1. The largest absolute Gasteiger partial charge is 0.372 e. The highest BCUT2D eigenvalue weighted by atomic mass is 16.5. The van der Waals surface area contributed by atoms with Gasteiger partial charge < -0.3 is 24.8 Å². The number of carbonyl (C=O) groups is 4. The Balaban J connectivity index is 1.23. The molecule has 4 unspecified atom stereocenters. The molecule has 4 atom stereocenters. The number of carbonyl (C=O) groups excluding carboxylic acids is 4. The summed E-state index contributed by atoms with van der Waals surface area (Å²) < 4.78 is 5.37. The second-order valence-corrected chi connectivity index (χ2v) is 10.9. The number of ether oxygens (including phenoxy) is 1. The second kappa shape index (κ2) is 12.7. The van der Waals surface area contributed by atoms with Crippen LogP contribution in [0.1, 0.15) is 69.2 Å². The first-order valence-corrected chi connectivity index (χ1v) is 14.1. The van der Waals surface area contributed by atoms with Gasteiger partial charge in [-0.2, -0.15) is 0 Å². The first-order chi connectivity index (χ1) is 18.3. The maximum Gasteiger partial charge on any atom is 0.252 e. The fourth-order valence-corrected chi connectivity index (χ4v) is 6.03. The summed E-state index contributed by atoms with van der Waals surface area (Å²) in [6, 6.07) is 6.92. The van der Waals surface area contributed by atoms with Crippen molar-refractivity contribution in [2.24, 2.45) is 5.92 Å². The fraction of sp³-hybridized carbons (Fsp3) is 0.655. The van der Waals surface area contributed by atoms with Crippen molar-refractivity contribution in [1.29, 1.82) is 0 Å². The molecule has 9 heteroatoms. The molecule has 3 amide bonds. The van der Waals surface area contributed by atoms with Gasteiger partial charge in [0.15, 0.2) is 5.78 Å². The summed E-state index contributed by atoms with van der Waals surface area (Å²) in [5, 5.41) is 2.96. The summed E-state index contributed by atoms with van der Waals surface area (Å²) in [6.45, 7) is 7.12. The van der Waals surface area contributed by atoms with Crippen molar-refractivity contribution in [1.82, 2.24) is 15.1 Å². The van der Waals surface area contributed by atoms with Gasteiger partial charge in [-0.05, 0) is 62.3 Å². The normalized spacial score (nSPS) is 22.5. The Morgan fingerprint density at radius 3 is 2.42 bits per heavy atom. The Morgan fingerprint density at radius 1 is 1.05 bits per heavy atom. The molecule has 0 spiro atoms. The summed E-state index contributed by atoms with van der Waals surface area (Å²) in [5.74, 6) is -0.350. The molecule has 1 N–H and O–H groups in total. The zero-order valence-electron chi connectivity index (χ0n) is 23.0. The summed E-state index contributed by atoms with van der Waals surface area (Å²) in [5.41, 5.74) is 1.79. The molecule has 9 nitrogen and oxygen atoms in total. The second-order valence-electron chi connectivity index (χ2n) is 10.9. The minimum atomic E-state index is -0.555. The zero-order chi connectivity index (χ0) is 27.2. The number of amides is 3. The van der Waals surface area contributed by atoms with Crippen molar-refractivity contribution in [3.63, 3.8) is 0 Å². The number of nitrogens with zero attached hydrogens (tertiary/aromatic N) is 3. The molecule has 0 radical (unpaired) electrons. The number of fused-ring (bicyclic) bond motifs is 1. The standard InChI is InChI=1S/C29H42N4O5/c1-4-7-25(38-3)29(37)33-19-24(34)27-23(33)13-17-32(27)26(35)18-20(2)12-14-30-28(36)21-8-10-22(11-9-21)31-15-5-6-16-31/h8-11,20,23,25,27H,4-7,12-19H2,1-3H3,(H,30,36). The third-order valence-electron chi connectivity index (χ3n) is 8.18. The van der Waals surface area contributed by atoms with E-state index in [0.29, 0.717) is 44.3 Å². The van der Waals surface area contributed by atoms with Crippen LogP contribution in [0.15, 0.2) is 24.3 Å². The smallest absolute Gasteiger partial charge is 0.252 e. The molecule has 3 aliphatic rings. The number of benzene rings is 1. The van der Waals surface area contributed by atoms with E-state index in [2.05, 4.69) is 10.2 Å². The van der Waals surface area contributed by atoms with E-state index >= 15 is 0 Å². The van der Waals surface area contributed by atoms with E-state index < -0.39 is 12.1 Å². The molecule has 3 heterocycles. The number of ketones is 1. The molecule has 1 aromatic rings. The van der Waals surface area contributed by atoms with Crippen LogP contribution in [-0.4, -0.2) is 91.3 Å². The van der Waals surface area contributed by atoms with E-state index in [1.54, 1.807) is 9.80 Å². The summed E-state index contributed by atoms with van der Waals surface area (Å²) >= 11 is 0. The lowest BCUT2D eigenvalue weighted by Gasteiger charge is -2.27. The van der Waals surface area contributed by atoms with Gasteiger partial charge >= 0.3 is 0 Å². The van der Waals surface area contributed by atoms with E-state index in [0.717, 1.165) is 25.2 Å². The van der Waals surface area contributed by atoms with Crippen LogP contribution in [-0.2, 0) is 19.1 Å². The molecular weight excluding hydrogens is 484 g/mol. The third-order valence-corrected chi connectivity index (χ3v) is 8.18. The van der Waals surface area contributed by atoms with Crippen LogP contribution in [0.25, 0.3) is 0 Å². The third kappa shape index (κ3) is 6.20. The highest BCUT2D eigenvalue weighted by Crippen LogP contribution is 2.32. The van der Waals surface area contributed by atoms with Gasteiger partial charge in [0.2, 0.25) is 5.91 Å². The van der Waals surface area contributed by atoms with Gasteiger partial charge in [-0.15, -0.1) is 0 Å². The topological polar surface area (TPSA) is 99.3 Å². The van der Waals surface area contributed by atoms with Gasteiger partial charge in [-0.3, -0.25) is 19.2 Å². The van der Waals surface area contributed by atoms with E-state index in [4.69, 9.17) is 4.74 Å². The van der Waals surface area contributed by atoms with Gasteiger partial charge in [0.05, 0.1) is 12.6 Å². The predicted molar refractivity (Wildman–Crippen MR) is 145 cm³/mol. The van der Waals surface area contributed by atoms with Crippen LogP contribution in [0.4, 0.5) is 5.69 Å². The summed E-state index contributed by atoms with van der Waals surface area (Å²) in [7, 11) is 1.52. The summed E-state index contributed by atoms with van der Waals surface area (Å²) in [4.78, 5) is 57.1. The van der Waals surface area contributed by atoms with Crippen LogP contribution >= 0.6 is 0 Å². The fourth-order valence-electron chi connectivity index (χ4n) is 6.03. The number of likely N-dealkylation sites (tertiary alicyclic amines) is 2. The van der Waals surface area contributed by atoms with E-state index in [1.807, 2.05) is 38.1 Å².